The van der Waals surface area contributed by atoms with Crippen LogP contribution in [-0.4, -0.2) is 17.8 Å². The van der Waals surface area contributed by atoms with Gasteiger partial charge in [0.15, 0.2) is 0 Å². The van der Waals surface area contributed by atoms with Crippen molar-refractivity contribution in [2.24, 2.45) is 5.92 Å². The molecule has 0 rings (SSSR count). The first-order valence-corrected chi connectivity index (χ1v) is 5.69. The number of hydrogen-bond acceptors (Lipinski definition) is 1. The number of hydrogen-bond donors (Lipinski definition) is 1. The molecule has 0 bridgehead atoms. The van der Waals surface area contributed by atoms with Gasteiger partial charge in [0.1, 0.15) is 0 Å². The molecule has 0 radical (unpaired) electrons. The first-order valence-electron chi connectivity index (χ1n) is 4.57. The molecule has 1 amide bonds. The number of halogens is 1. The fourth-order valence-electron chi connectivity index (χ4n) is 1.01. The summed E-state index contributed by atoms with van der Waals surface area (Å²) in [6.07, 6.45) is 2.87. The zero-order valence-electron chi connectivity index (χ0n) is 7.90. The van der Waals surface area contributed by atoms with Gasteiger partial charge in [-0.25, -0.2) is 0 Å². The van der Waals surface area contributed by atoms with Crippen molar-refractivity contribution in [2.75, 3.05) is 11.9 Å². The molecule has 1 N–H and O–H groups in total. The SMILES string of the molecule is CCC(CC)CNC(=O)CCBr. The monoisotopic (exact) mass is 235 g/mol. The first-order chi connectivity index (χ1) is 5.74. The van der Waals surface area contributed by atoms with Crippen molar-refractivity contribution in [3.05, 3.63) is 0 Å². The molecular formula is C9H18BrNO. The number of nitrogens with one attached hydrogen (secondary N) is 1. The third kappa shape index (κ3) is 5.58. The van der Waals surface area contributed by atoms with Gasteiger partial charge in [0.05, 0.1) is 0 Å². The van der Waals surface area contributed by atoms with Gasteiger partial charge >= 0.3 is 0 Å². The van der Waals surface area contributed by atoms with Gasteiger partial charge in [-0.1, -0.05) is 42.6 Å². The molecule has 0 aromatic carbocycles. The van der Waals surface area contributed by atoms with Gasteiger partial charge in [-0.3, -0.25) is 4.79 Å². The lowest BCUT2D eigenvalue weighted by Crippen LogP contribution is -2.28. The van der Waals surface area contributed by atoms with Crippen molar-refractivity contribution in [3.8, 4) is 0 Å². The largest absolute Gasteiger partial charge is 0.356 e. The Morgan fingerprint density at radius 3 is 2.42 bits per heavy atom. The van der Waals surface area contributed by atoms with Gasteiger partial charge < -0.3 is 5.32 Å². The maximum atomic E-state index is 11.0. The van der Waals surface area contributed by atoms with Crippen LogP contribution in [0.3, 0.4) is 0 Å². The van der Waals surface area contributed by atoms with E-state index < -0.39 is 0 Å². The molecule has 0 aliphatic carbocycles. The summed E-state index contributed by atoms with van der Waals surface area (Å²) < 4.78 is 0. The Morgan fingerprint density at radius 2 is 2.00 bits per heavy atom. The molecule has 0 aliphatic heterocycles. The lowest BCUT2D eigenvalue weighted by molar-refractivity contribution is -0.120. The van der Waals surface area contributed by atoms with Gasteiger partial charge in [-0.05, 0) is 5.92 Å². The van der Waals surface area contributed by atoms with Crippen LogP contribution in [0.25, 0.3) is 0 Å². The maximum Gasteiger partial charge on any atom is 0.220 e. The van der Waals surface area contributed by atoms with E-state index in [9.17, 15) is 4.79 Å². The van der Waals surface area contributed by atoms with Crippen molar-refractivity contribution < 1.29 is 4.79 Å². The Morgan fingerprint density at radius 1 is 1.42 bits per heavy atom. The van der Waals surface area contributed by atoms with Crippen LogP contribution in [0.15, 0.2) is 0 Å². The number of rotatable bonds is 6. The molecule has 2 nitrogen and oxygen atoms in total. The highest BCUT2D eigenvalue weighted by Crippen LogP contribution is 2.05. The van der Waals surface area contributed by atoms with E-state index in [0.717, 1.165) is 24.7 Å². The van der Waals surface area contributed by atoms with E-state index in [1.165, 1.54) is 0 Å². The Kier molecular flexibility index (Phi) is 7.56. The molecule has 72 valence electrons. The second kappa shape index (κ2) is 7.59. The first kappa shape index (κ1) is 11.9. The van der Waals surface area contributed by atoms with E-state index in [4.69, 9.17) is 0 Å². The molecule has 0 atom stereocenters. The highest BCUT2D eigenvalue weighted by atomic mass is 79.9. The summed E-state index contributed by atoms with van der Waals surface area (Å²) in [7, 11) is 0. The molecule has 0 saturated heterocycles. The Bertz CT molecular complexity index is 124. The minimum atomic E-state index is 0.152. The van der Waals surface area contributed by atoms with Crippen LogP contribution >= 0.6 is 15.9 Å². The minimum absolute atomic E-state index is 0.152. The van der Waals surface area contributed by atoms with Crippen LogP contribution in [0.4, 0.5) is 0 Å². The maximum absolute atomic E-state index is 11.0. The predicted molar refractivity (Wildman–Crippen MR) is 55.5 cm³/mol. The van der Waals surface area contributed by atoms with E-state index in [-0.39, 0.29) is 5.91 Å². The summed E-state index contributed by atoms with van der Waals surface area (Å²) in [6, 6.07) is 0. The summed E-state index contributed by atoms with van der Waals surface area (Å²) >= 11 is 3.23. The van der Waals surface area contributed by atoms with Crippen LogP contribution in [0.2, 0.25) is 0 Å². The molecular weight excluding hydrogens is 218 g/mol. The van der Waals surface area contributed by atoms with Crippen molar-refractivity contribution in [1.82, 2.24) is 5.32 Å². The van der Waals surface area contributed by atoms with E-state index >= 15 is 0 Å². The fraction of sp³-hybridized carbons (Fsp3) is 0.889. The standard InChI is InChI=1S/C9H18BrNO/c1-3-8(4-2)7-11-9(12)5-6-10/h8H,3-7H2,1-2H3,(H,11,12). The minimum Gasteiger partial charge on any atom is -0.356 e. The number of alkyl halides is 1. The highest BCUT2D eigenvalue weighted by molar-refractivity contribution is 9.09. The molecule has 0 heterocycles. The summed E-state index contributed by atoms with van der Waals surface area (Å²) in [6.45, 7) is 5.15. The van der Waals surface area contributed by atoms with E-state index in [1.807, 2.05) is 0 Å². The Balaban J connectivity index is 3.44. The van der Waals surface area contributed by atoms with Gasteiger partial charge in [0.25, 0.3) is 0 Å². The smallest absolute Gasteiger partial charge is 0.220 e. The van der Waals surface area contributed by atoms with Gasteiger partial charge in [-0.2, -0.15) is 0 Å². The average molecular weight is 236 g/mol. The quantitative estimate of drug-likeness (QED) is 0.704. The summed E-state index contributed by atoms with van der Waals surface area (Å²) in [5.41, 5.74) is 0. The normalized spacial score (nSPS) is 10.3. The third-order valence-corrected chi connectivity index (χ3v) is 2.46. The van der Waals surface area contributed by atoms with Crippen LogP contribution in [0.5, 0.6) is 0 Å². The van der Waals surface area contributed by atoms with Crippen molar-refractivity contribution >= 4 is 21.8 Å². The van der Waals surface area contributed by atoms with Crippen molar-refractivity contribution in [3.63, 3.8) is 0 Å². The summed E-state index contributed by atoms with van der Waals surface area (Å²) in [4.78, 5) is 11.0. The molecule has 0 fully saturated rings. The topological polar surface area (TPSA) is 29.1 Å². The van der Waals surface area contributed by atoms with Crippen molar-refractivity contribution in [1.29, 1.82) is 0 Å². The number of amides is 1. The second-order valence-electron chi connectivity index (χ2n) is 2.93. The lowest BCUT2D eigenvalue weighted by Gasteiger charge is -2.12. The zero-order chi connectivity index (χ0) is 9.40. The molecule has 0 saturated carbocycles. The molecule has 3 heteroatoms. The van der Waals surface area contributed by atoms with Crippen LogP contribution in [0.1, 0.15) is 33.1 Å². The summed E-state index contributed by atoms with van der Waals surface area (Å²) in [5.74, 6) is 0.794. The predicted octanol–water partition coefficient (Wildman–Crippen LogP) is 2.32. The van der Waals surface area contributed by atoms with E-state index in [2.05, 4.69) is 35.1 Å². The van der Waals surface area contributed by atoms with Crippen LogP contribution in [0, 0.1) is 5.92 Å². The molecule has 0 aromatic heterocycles. The lowest BCUT2D eigenvalue weighted by atomic mass is 10.0. The average Bonchev–Trinajstić information content (AvgIpc) is 2.07. The second-order valence-corrected chi connectivity index (χ2v) is 3.72. The number of carbonyl (C=O) groups is 1. The summed E-state index contributed by atoms with van der Waals surface area (Å²) in [5, 5.41) is 3.67. The molecule has 12 heavy (non-hydrogen) atoms. The highest BCUT2D eigenvalue weighted by Gasteiger charge is 2.05. The van der Waals surface area contributed by atoms with E-state index in [0.29, 0.717) is 12.3 Å². The molecule has 0 unspecified atom stereocenters. The fourth-order valence-corrected chi connectivity index (χ4v) is 1.37. The van der Waals surface area contributed by atoms with E-state index in [1.54, 1.807) is 0 Å². The van der Waals surface area contributed by atoms with Crippen molar-refractivity contribution in [2.45, 2.75) is 33.1 Å². The number of carbonyl (C=O) groups excluding carboxylic acids is 1. The van der Waals surface area contributed by atoms with Crippen LogP contribution in [-0.2, 0) is 4.79 Å². The van der Waals surface area contributed by atoms with Gasteiger partial charge in [-0.15, -0.1) is 0 Å². The molecule has 0 aromatic rings. The van der Waals surface area contributed by atoms with Crippen LogP contribution < -0.4 is 5.32 Å². The molecule has 0 aliphatic rings. The third-order valence-electron chi connectivity index (χ3n) is 2.06. The Hall–Kier alpha value is -0.0500. The molecule has 0 spiro atoms. The Labute approximate surface area is 83.2 Å². The zero-order valence-corrected chi connectivity index (χ0v) is 9.49. The van der Waals surface area contributed by atoms with Gasteiger partial charge in [0.2, 0.25) is 5.91 Å². The van der Waals surface area contributed by atoms with Gasteiger partial charge in [0, 0.05) is 18.3 Å².